The van der Waals surface area contributed by atoms with Crippen LogP contribution < -0.4 is 0 Å². The topological polar surface area (TPSA) is 9.23 Å². The first kappa shape index (κ1) is 21.8. The lowest BCUT2D eigenvalue weighted by molar-refractivity contribution is 0.214. The number of rotatable bonds is 15. The summed E-state index contributed by atoms with van der Waals surface area (Å²) in [6.07, 6.45) is 13.8. The average Bonchev–Trinajstić information content (AvgIpc) is 2.44. The summed E-state index contributed by atoms with van der Waals surface area (Å²) >= 11 is 0. The smallest absolute Gasteiger partial charge is 0.199 e. The first-order chi connectivity index (χ1) is 10.5. The average molecular weight is 312 g/mol. The lowest BCUT2D eigenvalue weighted by atomic mass is 9.91. The normalized spacial score (nSPS) is 15.9. The second-order valence-corrected chi connectivity index (χ2v) is 8.20. The van der Waals surface area contributed by atoms with E-state index in [4.69, 9.17) is 4.74 Å². The summed E-state index contributed by atoms with van der Waals surface area (Å²) in [5.41, 5.74) is 0. The third-order valence-corrected chi connectivity index (χ3v) is 5.02. The number of ether oxygens (including phenoxy) is 1. The predicted molar refractivity (Wildman–Crippen MR) is 99.8 cm³/mol. The van der Waals surface area contributed by atoms with Gasteiger partial charge < -0.3 is 0 Å². The van der Waals surface area contributed by atoms with Crippen LogP contribution in [-0.2, 0) is 4.74 Å². The van der Waals surface area contributed by atoms with Gasteiger partial charge in [0, 0.05) is 0 Å². The van der Waals surface area contributed by atoms with Gasteiger partial charge in [-0.3, -0.25) is 0 Å². The van der Waals surface area contributed by atoms with Crippen molar-refractivity contribution in [2.45, 2.75) is 98.8 Å². The minimum absolute atomic E-state index is 0.787. The predicted octanol–water partition coefficient (Wildman–Crippen LogP) is 7.26. The van der Waals surface area contributed by atoms with E-state index in [1.807, 2.05) is 0 Å². The van der Waals surface area contributed by atoms with Crippen LogP contribution in [-0.4, -0.2) is 6.61 Å². The highest BCUT2D eigenvalue weighted by atomic mass is 16.5. The molecule has 3 atom stereocenters. The molecule has 0 spiro atoms. The molecule has 0 radical (unpaired) electrons. The molecule has 0 aromatic heterocycles. The van der Waals surface area contributed by atoms with Crippen LogP contribution in [0.5, 0.6) is 0 Å². The van der Waals surface area contributed by atoms with Crippen LogP contribution in [0.3, 0.4) is 0 Å². The van der Waals surface area contributed by atoms with Gasteiger partial charge in [0.1, 0.15) is 0 Å². The highest BCUT2D eigenvalue weighted by Gasteiger charge is 2.08. The molecule has 0 saturated carbocycles. The Morgan fingerprint density at radius 2 is 0.955 bits per heavy atom. The van der Waals surface area contributed by atoms with E-state index in [1.54, 1.807) is 0 Å². The number of hydrogen-bond acceptors (Lipinski definition) is 1. The third kappa shape index (κ3) is 14.8. The molecule has 0 aliphatic carbocycles. The maximum Gasteiger partial charge on any atom is 0.213 e. The van der Waals surface area contributed by atoms with Crippen LogP contribution in [0.15, 0.2) is 0 Å². The highest BCUT2D eigenvalue weighted by molar-refractivity contribution is 4.61. The SMILES string of the molecule is [CH2+]OCC[C@H](C)CCC[C@H](C)CCC[C@H](C)CCCC(C)C. The molecule has 0 fully saturated rings. The standard InChI is InChI=1S/C21H43O/c1-18(2)10-7-11-19(3)12-8-13-20(4)14-9-15-21(5)16-17-22-6/h18-21H,6-17H2,1-5H3/q+1/t19-,20-,21-/m1/s1. The van der Waals surface area contributed by atoms with E-state index >= 15 is 0 Å². The summed E-state index contributed by atoms with van der Waals surface area (Å²) in [4.78, 5) is 0. The zero-order chi connectivity index (χ0) is 16.8. The fourth-order valence-corrected chi connectivity index (χ4v) is 3.22. The third-order valence-electron chi connectivity index (χ3n) is 5.02. The van der Waals surface area contributed by atoms with Crippen LogP contribution in [0, 0.1) is 30.8 Å². The molecule has 0 N–H and O–H groups in total. The molecule has 0 aliphatic rings. The molecule has 1 nitrogen and oxygen atoms in total. The Morgan fingerprint density at radius 1 is 0.591 bits per heavy atom. The summed E-state index contributed by atoms with van der Waals surface area (Å²) in [7, 11) is 3.44. The quantitative estimate of drug-likeness (QED) is 0.289. The second-order valence-electron chi connectivity index (χ2n) is 8.20. The van der Waals surface area contributed by atoms with Crippen LogP contribution in [0.2, 0.25) is 0 Å². The molecule has 1 heteroatoms. The van der Waals surface area contributed by atoms with Gasteiger partial charge in [-0.25, -0.2) is 0 Å². The van der Waals surface area contributed by atoms with Gasteiger partial charge in [-0.05, 0) is 30.1 Å². The summed E-state index contributed by atoms with van der Waals surface area (Å²) in [6.45, 7) is 12.7. The van der Waals surface area contributed by atoms with Crippen LogP contribution >= 0.6 is 0 Å². The fourth-order valence-electron chi connectivity index (χ4n) is 3.22. The van der Waals surface area contributed by atoms with Crippen molar-refractivity contribution in [1.29, 1.82) is 0 Å². The van der Waals surface area contributed by atoms with Crippen molar-refractivity contribution in [3.8, 4) is 0 Å². The van der Waals surface area contributed by atoms with Crippen molar-refractivity contribution in [1.82, 2.24) is 0 Å². The van der Waals surface area contributed by atoms with Gasteiger partial charge >= 0.3 is 0 Å². The Morgan fingerprint density at radius 3 is 1.32 bits per heavy atom. The van der Waals surface area contributed by atoms with Gasteiger partial charge in [-0.15, -0.1) is 0 Å². The van der Waals surface area contributed by atoms with E-state index in [-0.39, 0.29) is 0 Å². The molecule has 0 rings (SSSR count). The largest absolute Gasteiger partial charge is 0.213 e. The Hall–Kier alpha value is -0.170. The Kier molecular flexibility index (Phi) is 14.3. The molecule has 132 valence electrons. The molecule has 0 bridgehead atoms. The van der Waals surface area contributed by atoms with Gasteiger partial charge in [0.2, 0.25) is 7.11 Å². The molecule has 0 unspecified atom stereocenters. The molecule has 0 aromatic carbocycles. The first-order valence-electron chi connectivity index (χ1n) is 9.82. The Bertz CT molecular complexity index is 224. The highest BCUT2D eigenvalue weighted by Crippen LogP contribution is 2.22. The number of hydrogen-bond donors (Lipinski definition) is 0. The van der Waals surface area contributed by atoms with E-state index < -0.39 is 0 Å². The van der Waals surface area contributed by atoms with Crippen molar-refractivity contribution >= 4 is 0 Å². The van der Waals surface area contributed by atoms with Crippen molar-refractivity contribution in [2.75, 3.05) is 6.61 Å². The zero-order valence-corrected chi connectivity index (χ0v) is 16.2. The molecular formula is C21H43O+. The van der Waals surface area contributed by atoms with E-state index in [0.717, 1.165) is 36.7 Å². The van der Waals surface area contributed by atoms with Gasteiger partial charge in [-0.2, -0.15) is 4.74 Å². The van der Waals surface area contributed by atoms with Crippen molar-refractivity contribution in [3.05, 3.63) is 7.11 Å². The van der Waals surface area contributed by atoms with Crippen LogP contribution in [0.25, 0.3) is 0 Å². The molecule has 0 saturated heterocycles. The summed E-state index contributed by atoms with van der Waals surface area (Å²) in [6, 6.07) is 0. The van der Waals surface area contributed by atoms with Gasteiger partial charge in [-0.1, -0.05) is 92.4 Å². The Labute approximate surface area is 141 Å². The fraction of sp³-hybridized carbons (Fsp3) is 0.952. The van der Waals surface area contributed by atoms with Crippen molar-refractivity contribution in [2.24, 2.45) is 23.7 Å². The van der Waals surface area contributed by atoms with Gasteiger partial charge in [0.25, 0.3) is 0 Å². The van der Waals surface area contributed by atoms with E-state index in [2.05, 4.69) is 41.7 Å². The van der Waals surface area contributed by atoms with E-state index in [0.29, 0.717) is 0 Å². The molecule has 22 heavy (non-hydrogen) atoms. The zero-order valence-electron chi connectivity index (χ0n) is 16.2. The summed E-state index contributed by atoms with van der Waals surface area (Å²) in [5, 5.41) is 0. The molecule has 0 aromatic rings. The molecule has 0 heterocycles. The summed E-state index contributed by atoms with van der Waals surface area (Å²) in [5.74, 6) is 3.48. The molecule has 0 amide bonds. The maximum atomic E-state index is 4.91. The summed E-state index contributed by atoms with van der Waals surface area (Å²) < 4.78 is 4.91. The lowest BCUT2D eigenvalue weighted by Crippen LogP contribution is -2.02. The first-order valence-corrected chi connectivity index (χ1v) is 9.82. The Balaban J connectivity index is 3.46. The van der Waals surface area contributed by atoms with Crippen molar-refractivity contribution < 1.29 is 4.74 Å². The minimum atomic E-state index is 0.787. The van der Waals surface area contributed by atoms with E-state index in [1.165, 1.54) is 57.8 Å². The molecule has 0 aliphatic heterocycles. The molecular weight excluding hydrogens is 268 g/mol. The van der Waals surface area contributed by atoms with Crippen LogP contribution in [0.4, 0.5) is 0 Å². The van der Waals surface area contributed by atoms with Gasteiger partial charge in [0.05, 0.1) is 6.61 Å². The van der Waals surface area contributed by atoms with Crippen molar-refractivity contribution in [3.63, 3.8) is 0 Å². The van der Waals surface area contributed by atoms with Crippen LogP contribution in [0.1, 0.15) is 98.8 Å². The lowest BCUT2D eigenvalue weighted by Gasteiger charge is -2.16. The van der Waals surface area contributed by atoms with Gasteiger partial charge in [0.15, 0.2) is 0 Å². The monoisotopic (exact) mass is 311 g/mol. The minimum Gasteiger partial charge on any atom is -0.199 e. The maximum absolute atomic E-state index is 4.91. The van der Waals surface area contributed by atoms with E-state index in [9.17, 15) is 0 Å². The second kappa shape index (κ2) is 14.4.